The molecule has 122 valence electrons. The monoisotopic (exact) mass is 315 g/mol. The zero-order valence-corrected chi connectivity index (χ0v) is 13.5. The molecule has 0 radical (unpaired) electrons. The highest BCUT2D eigenvalue weighted by Gasteiger charge is 2.51. The molecule has 6 nitrogen and oxygen atoms in total. The van der Waals surface area contributed by atoms with Crippen molar-refractivity contribution in [3.05, 3.63) is 41.5 Å². The van der Waals surface area contributed by atoms with Crippen molar-refractivity contribution in [2.75, 3.05) is 13.7 Å². The highest BCUT2D eigenvalue weighted by Crippen LogP contribution is 2.48. The van der Waals surface area contributed by atoms with Crippen LogP contribution in [-0.2, 0) is 23.1 Å². The molecule has 6 heteroatoms. The highest BCUT2D eigenvalue weighted by molar-refractivity contribution is 5.91. The summed E-state index contributed by atoms with van der Waals surface area (Å²) in [7, 11) is 1.64. The molecule has 1 N–H and O–H groups in total. The molecule has 1 aromatic heterocycles. The lowest BCUT2D eigenvalue weighted by molar-refractivity contribution is -0.123. The van der Waals surface area contributed by atoms with Gasteiger partial charge in [-0.05, 0) is 30.5 Å². The van der Waals surface area contributed by atoms with Gasteiger partial charge in [0.25, 0.3) is 0 Å². The van der Waals surface area contributed by atoms with Gasteiger partial charge in [-0.1, -0.05) is 24.2 Å². The van der Waals surface area contributed by atoms with Crippen molar-refractivity contribution in [1.29, 1.82) is 0 Å². The molecular weight excluding hydrogens is 294 g/mol. The number of amides is 1. The molecule has 1 heterocycles. The van der Waals surface area contributed by atoms with Gasteiger partial charge in [0, 0.05) is 19.4 Å². The van der Waals surface area contributed by atoms with Crippen LogP contribution in [-0.4, -0.2) is 29.7 Å². The van der Waals surface area contributed by atoms with Crippen LogP contribution < -0.4 is 10.1 Å². The van der Waals surface area contributed by atoms with Gasteiger partial charge in [0.15, 0.2) is 5.82 Å². The molecule has 1 amide bonds. The molecule has 1 aliphatic carbocycles. The maximum atomic E-state index is 12.5. The molecule has 1 aromatic carbocycles. The van der Waals surface area contributed by atoms with E-state index in [1.54, 1.807) is 7.11 Å². The van der Waals surface area contributed by atoms with Crippen LogP contribution in [0.5, 0.6) is 5.75 Å². The number of benzene rings is 1. The minimum absolute atomic E-state index is 0.0712. The number of carbonyl (C=O) groups excluding carboxylic acids is 1. The van der Waals surface area contributed by atoms with Crippen molar-refractivity contribution in [2.45, 2.75) is 38.0 Å². The number of hydrogen-bond donors (Lipinski definition) is 1. The van der Waals surface area contributed by atoms with Crippen molar-refractivity contribution in [2.24, 2.45) is 0 Å². The fourth-order valence-electron chi connectivity index (χ4n) is 2.67. The average molecular weight is 315 g/mol. The third kappa shape index (κ3) is 3.21. The molecule has 0 spiro atoms. The predicted molar refractivity (Wildman–Crippen MR) is 84.3 cm³/mol. The molecule has 1 aliphatic rings. The summed E-state index contributed by atoms with van der Waals surface area (Å²) in [5.41, 5.74) is 0.668. The first-order valence-electron chi connectivity index (χ1n) is 7.92. The van der Waals surface area contributed by atoms with E-state index in [9.17, 15) is 4.79 Å². The van der Waals surface area contributed by atoms with Crippen LogP contribution in [0.3, 0.4) is 0 Å². The van der Waals surface area contributed by atoms with Gasteiger partial charge in [0.05, 0.1) is 12.5 Å². The van der Waals surface area contributed by atoms with E-state index in [0.29, 0.717) is 24.7 Å². The predicted octanol–water partition coefficient (Wildman–Crippen LogP) is 2.03. The van der Waals surface area contributed by atoms with Crippen molar-refractivity contribution in [1.82, 2.24) is 15.5 Å². The summed E-state index contributed by atoms with van der Waals surface area (Å²) in [6, 6.07) is 7.73. The van der Waals surface area contributed by atoms with E-state index in [0.717, 1.165) is 30.6 Å². The molecule has 3 rings (SSSR count). The van der Waals surface area contributed by atoms with Crippen LogP contribution in [0.15, 0.2) is 28.8 Å². The summed E-state index contributed by atoms with van der Waals surface area (Å²) in [6.45, 7) is 2.48. The lowest BCUT2D eigenvalue weighted by Gasteiger charge is -2.15. The molecule has 23 heavy (non-hydrogen) atoms. The number of ether oxygens (including phenoxy) is 1. The Morgan fingerprint density at radius 3 is 2.65 bits per heavy atom. The zero-order chi connectivity index (χ0) is 16.3. The SMILES string of the molecule is CCc1nc(CCNC(=O)C2(c3ccc(OC)cc3)CC2)no1. The van der Waals surface area contributed by atoms with Gasteiger partial charge in [-0.15, -0.1) is 0 Å². The van der Waals surface area contributed by atoms with Crippen molar-refractivity contribution in [3.63, 3.8) is 0 Å². The Morgan fingerprint density at radius 1 is 1.35 bits per heavy atom. The van der Waals surface area contributed by atoms with E-state index in [2.05, 4.69) is 15.5 Å². The van der Waals surface area contributed by atoms with Gasteiger partial charge in [-0.3, -0.25) is 4.79 Å². The van der Waals surface area contributed by atoms with Gasteiger partial charge in [0.2, 0.25) is 11.8 Å². The fourth-order valence-corrected chi connectivity index (χ4v) is 2.67. The van der Waals surface area contributed by atoms with E-state index >= 15 is 0 Å². The fraction of sp³-hybridized carbons (Fsp3) is 0.471. The second kappa shape index (κ2) is 6.40. The quantitative estimate of drug-likeness (QED) is 0.846. The minimum atomic E-state index is -0.377. The molecule has 0 bridgehead atoms. The molecule has 0 unspecified atom stereocenters. The van der Waals surface area contributed by atoms with E-state index < -0.39 is 0 Å². The molecule has 1 saturated carbocycles. The molecule has 0 atom stereocenters. The number of methoxy groups -OCH3 is 1. The minimum Gasteiger partial charge on any atom is -0.497 e. The number of nitrogens with zero attached hydrogens (tertiary/aromatic N) is 2. The van der Waals surface area contributed by atoms with Gasteiger partial charge >= 0.3 is 0 Å². The second-order valence-corrected chi connectivity index (χ2v) is 5.77. The Labute approximate surface area is 135 Å². The Bertz CT molecular complexity index is 675. The lowest BCUT2D eigenvalue weighted by atomic mass is 9.95. The van der Waals surface area contributed by atoms with Crippen molar-refractivity contribution < 1.29 is 14.1 Å². The van der Waals surface area contributed by atoms with Crippen LogP contribution in [0, 0.1) is 0 Å². The average Bonchev–Trinajstić information content (AvgIpc) is 3.28. The Kier molecular flexibility index (Phi) is 4.32. The summed E-state index contributed by atoms with van der Waals surface area (Å²) in [5.74, 6) is 2.13. The summed E-state index contributed by atoms with van der Waals surface area (Å²) < 4.78 is 10.2. The van der Waals surface area contributed by atoms with Gasteiger partial charge in [0.1, 0.15) is 5.75 Å². The third-order valence-electron chi connectivity index (χ3n) is 4.27. The largest absolute Gasteiger partial charge is 0.497 e. The number of aromatic nitrogens is 2. The smallest absolute Gasteiger partial charge is 0.230 e. The molecule has 1 fully saturated rings. The van der Waals surface area contributed by atoms with Gasteiger partial charge in [-0.2, -0.15) is 4.98 Å². The normalized spacial score (nSPS) is 15.2. The van der Waals surface area contributed by atoms with Crippen molar-refractivity contribution >= 4 is 5.91 Å². The number of aryl methyl sites for hydroxylation is 1. The highest BCUT2D eigenvalue weighted by atomic mass is 16.5. The number of nitrogens with one attached hydrogen (secondary N) is 1. The lowest BCUT2D eigenvalue weighted by Crippen LogP contribution is -2.36. The second-order valence-electron chi connectivity index (χ2n) is 5.77. The Balaban J connectivity index is 1.56. The van der Waals surface area contributed by atoms with Crippen LogP contribution in [0.25, 0.3) is 0 Å². The first-order chi connectivity index (χ1) is 11.2. The maximum absolute atomic E-state index is 12.5. The standard InChI is InChI=1S/C17H21N3O3/c1-3-15-19-14(20-23-15)8-11-18-16(21)17(9-10-17)12-4-6-13(22-2)7-5-12/h4-7H,3,8-11H2,1-2H3,(H,18,21). The first kappa shape index (κ1) is 15.5. The van der Waals surface area contributed by atoms with E-state index in [-0.39, 0.29) is 11.3 Å². The van der Waals surface area contributed by atoms with Crippen LogP contribution in [0.4, 0.5) is 0 Å². The topological polar surface area (TPSA) is 77.2 Å². The van der Waals surface area contributed by atoms with Crippen LogP contribution in [0.1, 0.15) is 37.0 Å². The first-order valence-corrected chi connectivity index (χ1v) is 7.92. The summed E-state index contributed by atoms with van der Waals surface area (Å²) in [4.78, 5) is 16.8. The van der Waals surface area contributed by atoms with Crippen molar-refractivity contribution in [3.8, 4) is 5.75 Å². The van der Waals surface area contributed by atoms with Crippen LogP contribution >= 0.6 is 0 Å². The summed E-state index contributed by atoms with van der Waals surface area (Å²) in [5, 5.41) is 6.88. The van der Waals surface area contributed by atoms with Gasteiger partial charge < -0.3 is 14.6 Å². The molecule has 0 aliphatic heterocycles. The summed E-state index contributed by atoms with van der Waals surface area (Å²) >= 11 is 0. The van der Waals surface area contributed by atoms with Gasteiger partial charge in [-0.25, -0.2) is 0 Å². The van der Waals surface area contributed by atoms with E-state index in [4.69, 9.17) is 9.26 Å². The Hall–Kier alpha value is -2.37. The molecule has 0 saturated heterocycles. The number of carbonyl (C=O) groups is 1. The Morgan fingerprint density at radius 2 is 2.09 bits per heavy atom. The molecule has 2 aromatic rings. The number of rotatable bonds is 7. The zero-order valence-electron chi connectivity index (χ0n) is 13.5. The maximum Gasteiger partial charge on any atom is 0.230 e. The van der Waals surface area contributed by atoms with Crippen LogP contribution in [0.2, 0.25) is 0 Å². The van der Waals surface area contributed by atoms with E-state index in [1.807, 2.05) is 31.2 Å². The molecular formula is C17H21N3O3. The summed E-state index contributed by atoms with van der Waals surface area (Å²) in [6.07, 6.45) is 3.06. The third-order valence-corrected chi connectivity index (χ3v) is 4.27. The van der Waals surface area contributed by atoms with E-state index in [1.165, 1.54) is 0 Å². The number of hydrogen-bond acceptors (Lipinski definition) is 5.